The van der Waals surface area contributed by atoms with Crippen LogP contribution in [0.3, 0.4) is 0 Å². The van der Waals surface area contributed by atoms with Crippen LogP contribution in [-0.4, -0.2) is 15.1 Å². The Morgan fingerprint density at radius 2 is 2.33 bits per heavy atom. The first-order valence-electron chi connectivity index (χ1n) is 6.20. The summed E-state index contributed by atoms with van der Waals surface area (Å²) in [5.41, 5.74) is 7.02. The third-order valence-corrected chi connectivity index (χ3v) is 3.91. The average Bonchev–Trinajstić information content (AvgIpc) is 2.87. The van der Waals surface area contributed by atoms with E-state index >= 15 is 0 Å². The van der Waals surface area contributed by atoms with Gasteiger partial charge < -0.3 is 10.3 Å². The Morgan fingerprint density at radius 3 is 3.00 bits per heavy atom. The van der Waals surface area contributed by atoms with Gasteiger partial charge in [0.05, 0.1) is 23.2 Å². The lowest BCUT2D eigenvalue weighted by atomic mass is 10.1. The van der Waals surface area contributed by atoms with E-state index in [2.05, 4.69) is 15.1 Å². The molecule has 0 unspecified atom stereocenters. The number of aromatic nitrogens is 3. The summed E-state index contributed by atoms with van der Waals surface area (Å²) in [5, 5.41) is 7.05. The predicted octanol–water partition coefficient (Wildman–Crippen LogP) is 2.23. The van der Waals surface area contributed by atoms with Crippen LogP contribution in [0.5, 0.6) is 0 Å². The van der Waals surface area contributed by atoms with E-state index in [1.54, 1.807) is 11.3 Å². The van der Waals surface area contributed by atoms with Crippen LogP contribution in [0, 0.1) is 12.8 Å². The molecule has 18 heavy (non-hydrogen) atoms. The van der Waals surface area contributed by atoms with Gasteiger partial charge in [0, 0.05) is 5.38 Å². The highest BCUT2D eigenvalue weighted by Crippen LogP contribution is 2.36. The Hall–Kier alpha value is -1.27. The van der Waals surface area contributed by atoms with Crippen LogP contribution in [0.4, 0.5) is 0 Å². The van der Waals surface area contributed by atoms with E-state index in [1.807, 2.05) is 12.3 Å². The molecule has 1 aliphatic carbocycles. The Labute approximate surface area is 109 Å². The van der Waals surface area contributed by atoms with Crippen molar-refractivity contribution in [1.82, 2.24) is 15.1 Å². The van der Waals surface area contributed by atoms with Crippen LogP contribution < -0.4 is 5.73 Å². The fourth-order valence-corrected chi connectivity index (χ4v) is 2.57. The molecule has 96 valence electrons. The largest absolute Gasteiger partial charge is 0.338 e. The summed E-state index contributed by atoms with van der Waals surface area (Å²) in [7, 11) is 0. The zero-order valence-electron chi connectivity index (χ0n) is 10.3. The molecule has 0 spiro atoms. The van der Waals surface area contributed by atoms with Crippen molar-refractivity contribution in [3.63, 3.8) is 0 Å². The fourth-order valence-electron chi connectivity index (χ4n) is 1.95. The Kier molecular flexibility index (Phi) is 3.13. The summed E-state index contributed by atoms with van der Waals surface area (Å²) >= 11 is 1.63. The minimum Gasteiger partial charge on any atom is -0.338 e. The monoisotopic (exact) mass is 264 g/mol. The first-order chi connectivity index (χ1) is 8.70. The molecular weight excluding hydrogens is 248 g/mol. The van der Waals surface area contributed by atoms with Gasteiger partial charge in [-0.2, -0.15) is 4.98 Å². The molecule has 1 atom stereocenters. The van der Waals surface area contributed by atoms with E-state index in [1.165, 1.54) is 12.8 Å². The van der Waals surface area contributed by atoms with Gasteiger partial charge in [-0.1, -0.05) is 18.0 Å². The fraction of sp³-hybridized carbons (Fsp3) is 0.583. The minimum absolute atomic E-state index is 0.115. The molecule has 0 radical (unpaired) electrons. The molecule has 6 heteroatoms. The molecule has 2 N–H and O–H groups in total. The van der Waals surface area contributed by atoms with Gasteiger partial charge in [-0.25, -0.2) is 4.98 Å². The molecule has 2 aromatic rings. The topological polar surface area (TPSA) is 77.8 Å². The van der Waals surface area contributed by atoms with E-state index in [0.717, 1.165) is 23.0 Å². The van der Waals surface area contributed by atoms with Crippen LogP contribution in [0.25, 0.3) is 0 Å². The third kappa shape index (κ3) is 2.76. The number of aryl methyl sites for hydroxylation is 1. The number of rotatable bonds is 5. The molecule has 5 nitrogen and oxygen atoms in total. The maximum Gasteiger partial charge on any atom is 0.243 e. The quantitative estimate of drug-likeness (QED) is 0.896. The van der Waals surface area contributed by atoms with E-state index in [-0.39, 0.29) is 6.04 Å². The van der Waals surface area contributed by atoms with E-state index < -0.39 is 0 Å². The normalized spacial score (nSPS) is 17.0. The van der Waals surface area contributed by atoms with Crippen LogP contribution in [0.2, 0.25) is 0 Å². The van der Waals surface area contributed by atoms with Gasteiger partial charge in [0.1, 0.15) is 0 Å². The lowest BCUT2D eigenvalue weighted by Gasteiger charge is -2.03. The van der Waals surface area contributed by atoms with Gasteiger partial charge >= 0.3 is 0 Å². The molecule has 2 heterocycles. The van der Waals surface area contributed by atoms with E-state index in [0.29, 0.717) is 18.1 Å². The predicted molar refractivity (Wildman–Crippen MR) is 68.2 cm³/mol. The highest BCUT2D eigenvalue weighted by atomic mass is 32.1. The maximum absolute atomic E-state index is 6.04. The lowest BCUT2D eigenvalue weighted by molar-refractivity contribution is 0.341. The highest BCUT2D eigenvalue weighted by molar-refractivity contribution is 7.09. The standard InChI is InChI=1S/C12H16N4OS/c1-7-14-9(6-18-7)5-11-15-12(17-16-11)10(13)4-8-2-3-8/h6,8,10H,2-5,13H2,1H3/t10-/m0/s1. The smallest absolute Gasteiger partial charge is 0.243 e. The zero-order valence-corrected chi connectivity index (χ0v) is 11.1. The zero-order chi connectivity index (χ0) is 12.5. The molecule has 3 rings (SSSR count). The van der Waals surface area contributed by atoms with Crippen molar-refractivity contribution in [2.75, 3.05) is 0 Å². The minimum atomic E-state index is -0.115. The van der Waals surface area contributed by atoms with E-state index in [9.17, 15) is 0 Å². The molecule has 1 aliphatic rings. The lowest BCUT2D eigenvalue weighted by Crippen LogP contribution is -2.11. The summed E-state index contributed by atoms with van der Waals surface area (Å²) in [5.74, 6) is 1.99. The summed E-state index contributed by atoms with van der Waals surface area (Å²) in [6.07, 6.45) is 4.14. The van der Waals surface area contributed by atoms with Crippen molar-refractivity contribution in [3.05, 3.63) is 27.8 Å². The number of nitrogens with zero attached hydrogens (tertiary/aromatic N) is 3. The number of hydrogen-bond acceptors (Lipinski definition) is 6. The molecule has 0 bridgehead atoms. The van der Waals surface area contributed by atoms with Crippen molar-refractivity contribution in [3.8, 4) is 0 Å². The SMILES string of the molecule is Cc1nc(Cc2noc([C@@H](N)CC3CC3)n2)cs1. The van der Waals surface area contributed by atoms with E-state index in [4.69, 9.17) is 10.3 Å². The number of thiazole rings is 1. The molecule has 0 amide bonds. The molecule has 1 fully saturated rings. The average molecular weight is 264 g/mol. The second kappa shape index (κ2) is 4.78. The van der Waals surface area contributed by atoms with Gasteiger partial charge in [-0.15, -0.1) is 11.3 Å². The Balaban J connectivity index is 1.64. The molecule has 1 saturated carbocycles. The molecule has 0 saturated heterocycles. The molecule has 0 aromatic carbocycles. The summed E-state index contributed by atoms with van der Waals surface area (Å²) in [6, 6.07) is -0.115. The van der Waals surface area contributed by atoms with Gasteiger partial charge in [0.25, 0.3) is 0 Å². The first-order valence-corrected chi connectivity index (χ1v) is 7.07. The van der Waals surface area contributed by atoms with Crippen LogP contribution in [0.1, 0.15) is 47.7 Å². The Bertz CT molecular complexity index is 532. The maximum atomic E-state index is 6.04. The van der Waals surface area contributed by atoms with Gasteiger partial charge in [0.15, 0.2) is 5.82 Å². The Morgan fingerprint density at radius 1 is 1.50 bits per heavy atom. The van der Waals surface area contributed by atoms with Gasteiger partial charge in [0.2, 0.25) is 5.89 Å². The number of hydrogen-bond donors (Lipinski definition) is 1. The highest BCUT2D eigenvalue weighted by Gasteiger charge is 2.27. The summed E-state index contributed by atoms with van der Waals surface area (Å²) in [4.78, 5) is 8.74. The van der Waals surface area contributed by atoms with Crippen molar-refractivity contribution in [2.45, 2.75) is 38.6 Å². The van der Waals surface area contributed by atoms with Gasteiger partial charge in [-0.05, 0) is 19.3 Å². The molecule has 0 aliphatic heterocycles. The second-order valence-corrected chi connectivity index (χ2v) is 5.93. The van der Waals surface area contributed by atoms with Crippen molar-refractivity contribution >= 4 is 11.3 Å². The molecule has 2 aromatic heterocycles. The number of nitrogens with two attached hydrogens (primary N) is 1. The van der Waals surface area contributed by atoms with Crippen LogP contribution in [-0.2, 0) is 6.42 Å². The molecular formula is C12H16N4OS. The summed E-state index contributed by atoms with van der Waals surface area (Å²) in [6.45, 7) is 1.99. The first kappa shape index (κ1) is 11.8. The second-order valence-electron chi connectivity index (χ2n) is 4.87. The van der Waals surface area contributed by atoms with Crippen LogP contribution >= 0.6 is 11.3 Å². The van der Waals surface area contributed by atoms with Crippen LogP contribution in [0.15, 0.2) is 9.90 Å². The van der Waals surface area contributed by atoms with Gasteiger partial charge in [-0.3, -0.25) is 0 Å². The summed E-state index contributed by atoms with van der Waals surface area (Å²) < 4.78 is 5.22. The van der Waals surface area contributed by atoms with Crippen molar-refractivity contribution < 1.29 is 4.52 Å². The third-order valence-electron chi connectivity index (χ3n) is 3.09. The van der Waals surface area contributed by atoms with Crippen molar-refractivity contribution in [1.29, 1.82) is 0 Å². The van der Waals surface area contributed by atoms with Crippen molar-refractivity contribution in [2.24, 2.45) is 11.7 Å².